The van der Waals surface area contributed by atoms with Crippen molar-refractivity contribution in [2.24, 2.45) is 11.8 Å². The predicted molar refractivity (Wildman–Crippen MR) is 102 cm³/mol. The molecule has 1 saturated heterocycles. The summed E-state index contributed by atoms with van der Waals surface area (Å²) in [7, 11) is 0. The summed E-state index contributed by atoms with van der Waals surface area (Å²) in [6.45, 7) is 10.6. The van der Waals surface area contributed by atoms with Crippen LogP contribution in [0.5, 0.6) is 0 Å². The minimum atomic E-state index is -0.133. The molecule has 26 heavy (non-hydrogen) atoms. The van der Waals surface area contributed by atoms with Gasteiger partial charge in [-0.15, -0.1) is 11.3 Å². The summed E-state index contributed by atoms with van der Waals surface area (Å²) in [4.78, 5) is 28.4. The number of nitrogens with zero attached hydrogens (tertiary/aromatic N) is 3. The molecule has 1 amide bonds. The Hall–Kier alpha value is -1.89. The van der Waals surface area contributed by atoms with E-state index in [9.17, 15) is 9.59 Å². The maximum atomic E-state index is 12.9. The summed E-state index contributed by atoms with van der Waals surface area (Å²) in [5, 5.41) is 5.67. The minimum Gasteiger partial charge on any atom is -0.466 e. The molecule has 0 unspecified atom stereocenters. The number of carbonyl (C=O) groups is 2. The monoisotopic (exact) mass is 377 g/mol. The van der Waals surface area contributed by atoms with Crippen molar-refractivity contribution in [3.63, 3.8) is 0 Å². The van der Waals surface area contributed by atoms with Crippen molar-refractivity contribution in [2.75, 3.05) is 19.7 Å². The number of hydrogen-bond acceptors (Lipinski definition) is 5. The third-order valence-corrected chi connectivity index (χ3v) is 5.89. The van der Waals surface area contributed by atoms with E-state index in [0.29, 0.717) is 38.5 Å². The maximum absolute atomic E-state index is 12.9. The number of amides is 1. The Bertz CT molecular complexity index is 800. The molecule has 1 fully saturated rings. The molecule has 0 N–H and O–H groups in total. The number of esters is 1. The summed E-state index contributed by atoms with van der Waals surface area (Å²) >= 11 is 1.52. The Labute approximate surface area is 158 Å². The summed E-state index contributed by atoms with van der Waals surface area (Å²) in [6, 6.07) is 1.97. The molecule has 7 heteroatoms. The van der Waals surface area contributed by atoms with Crippen LogP contribution in [0.4, 0.5) is 0 Å². The first-order valence-electron chi connectivity index (χ1n) is 9.33. The third kappa shape index (κ3) is 3.77. The van der Waals surface area contributed by atoms with Gasteiger partial charge in [0.15, 0.2) is 0 Å². The zero-order valence-corrected chi connectivity index (χ0v) is 16.8. The first-order chi connectivity index (χ1) is 12.4. The Morgan fingerprint density at radius 3 is 2.65 bits per heavy atom. The molecular formula is C19H27N3O3S. The topological polar surface area (TPSA) is 64.4 Å². The Morgan fingerprint density at radius 2 is 2.04 bits per heavy atom. The van der Waals surface area contributed by atoms with Gasteiger partial charge in [0, 0.05) is 25.0 Å². The Kier molecular flexibility index (Phi) is 5.65. The lowest BCUT2D eigenvalue weighted by Crippen LogP contribution is -2.40. The highest BCUT2D eigenvalue weighted by Crippen LogP contribution is 2.30. The highest BCUT2D eigenvalue weighted by molar-refractivity contribution is 7.20. The summed E-state index contributed by atoms with van der Waals surface area (Å²) < 4.78 is 7.12. The molecule has 2 aromatic heterocycles. The van der Waals surface area contributed by atoms with Crippen LogP contribution in [0.3, 0.4) is 0 Å². The lowest BCUT2D eigenvalue weighted by Gasteiger charge is -2.30. The summed E-state index contributed by atoms with van der Waals surface area (Å²) in [6.07, 6.45) is 1.35. The number of fused-ring (bicyclic) bond motifs is 1. The fourth-order valence-electron chi connectivity index (χ4n) is 3.42. The van der Waals surface area contributed by atoms with Gasteiger partial charge in [-0.05, 0) is 38.7 Å². The highest BCUT2D eigenvalue weighted by atomic mass is 32.1. The van der Waals surface area contributed by atoms with Gasteiger partial charge in [0.1, 0.15) is 4.83 Å². The summed E-state index contributed by atoms with van der Waals surface area (Å²) in [5.74, 6) is 0.346. The molecular weight excluding hydrogens is 350 g/mol. The van der Waals surface area contributed by atoms with Gasteiger partial charge in [0.2, 0.25) is 0 Å². The fourth-order valence-corrected chi connectivity index (χ4v) is 4.56. The molecule has 1 aliphatic heterocycles. The number of thiophene rings is 1. The van der Waals surface area contributed by atoms with E-state index < -0.39 is 0 Å². The van der Waals surface area contributed by atoms with Gasteiger partial charge in [-0.25, -0.2) is 0 Å². The molecule has 2 aromatic rings. The second-order valence-electron chi connectivity index (χ2n) is 7.31. The molecule has 0 radical (unpaired) electrons. The van der Waals surface area contributed by atoms with Crippen molar-refractivity contribution in [3.05, 3.63) is 16.6 Å². The molecule has 142 valence electrons. The SMILES string of the molecule is CCOC(=O)C1CCN(C(=O)c2cc3c(C)nn(CC(C)C)c3s2)CC1. The van der Waals surface area contributed by atoms with Crippen LogP contribution in [0.25, 0.3) is 10.2 Å². The van der Waals surface area contributed by atoms with Gasteiger partial charge in [0.05, 0.1) is 23.1 Å². The number of aromatic nitrogens is 2. The smallest absolute Gasteiger partial charge is 0.309 e. The van der Waals surface area contributed by atoms with Gasteiger partial charge >= 0.3 is 5.97 Å². The average Bonchev–Trinajstić information content (AvgIpc) is 3.16. The van der Waals surface area contributed by atoms with E-state index in [-0.39, 0.29) is 17.8 Å². The zero-order valence-electron chi connectivity index (χ0n) is 15.9. The predicted octanol–water partition coefficient (Wildman–Crippen LogP) is 3.48. The van der Waals surface area contributed by atoms with E-state index in [1.807, 2.05) is 29.5 Å². The van der Waals surface area contributed by atoms with Crippen molar-refractivity contribution < 1.29 is 14.3 Å². The number of ether oxygens (including phenoxy) is 1. The maximum Gasteiger partial charge on any atom is 0.309 e. The van der Waals surface area contributed by atoms with E-state index in [2.05, 4.69) is 18.9 Å². The largest absolute Gasteiger partial charge is 0.466 e. The van der Waals surface area contributed by atoms with Crippen LogP contribution in [0.15, 0.2) is 6.07 Å². The Morgan fingerprint density at radius 1 is 1.35 bits per heavy atom. The van der Waals surface area contributed by atoms with E-state index >= 15 is 0 Å². The van der Waals surface area contributed by atoms with Crippen LogP contribution in [0.2, 0.25) is 0 Å². The fraction of sp³-hybridized carbons (Fsp3) is 0.632. The zero-order chi connectivity index (χ0) is 18.8. The molecule has 0 bridgehead atoms. The van der Waals surface area contributed by atoms with Crippen molar-refractivity contribution in [1.82, 2.24) is 14.7 Å². The first-order valence-corrected chi connectivity index (χ1v) is 10.1. The molecule has 0 spiro atoms. The van der Waals surface area contributed by atoms with Crippen LogP contribution < -0.4 is 0 Å². The standard InChI is InChI=1S/C19H27N3O3S/c1-5-25-19(24)14-6-8-21(9-7-14)17(23)16-10-15-13(4)20-22(11-12(2)3)18(15)26-16/h10,12,14H,5-9,11H2,1-4H3. The number of carbonyl (C=O) groups excluding carboxylic acids is 2. The lowest BCUT2D eigenvalue weighted by atomic mass is 9.97. The van der Waals surface area contributed by atoms with Gasteiger partial charge in [-0.1, -0.05) is 13.8 Å². The van der Waals surface area contributed by atoms with E-state index in [4.69, 9.17) is 4.74 Å². The lowest BCUT2D eigenvalue weighted by molar-refractivity contribution is -0.149. The van der Waals surface area contributed by atoms with Gasteiger partial charge < -0.3 is 9.64 Å². The van der Waals surface area contributed by atoms with Gasteiger partial charge in [0.25, 0.3) is 5.91 Å². The van der Waals surface area contributed by atoms with Crippen molar-refractivity contribution in [1.29, 1.82) is 0 Å². The number of piperidine rings is 1. The Balaban J connectivity index is 1.72. The minimum absolute atomic E-state index is 0.0593. The first kappa shape index (κ1) is 18.9. The number of likely N-dealkylation sites (tertiary alicyclic amines) is 1. The average molecular weight is 378 g/mol. The summed E-state index contributed by atoms with van der Waals surface area (Å²) in [5.41, 5.74) is 0.969. The van der Waals surface area contributed by atoms with Gasteiger partial charge in [-0.3, -0.25) is 14.3 Å². The van der Waals surface area contributed by atoms with Crippen molar-refractivity contribution >= 4 is 33.4 Å². The molecule has 3 rings (SSSR count). The third-order valence-electron chi connectivity index (χ3n) is 4.76. The van der Waals surface area contributed by atoms with Gasteiger partial charge in [-0.2, -0.15) is 5.10 Å². The molecule has 0 aromatic carbocycles. The second kappa shape index (κ2) is 7.78. The molecule has 6 nitrogen and oxygen atoms in total. The molecule has 0 saturated carbocycles. The van der Waals surface area contributed by atoms with E-state index in [1.54, 1.807) is 0 Å². The second-order valence-corrected chi connectivity index (χ2v) is 8.34. The van der Waals surface area contributed by atoms with Crippen LogP contribution in [0.1, 0.15) is 49.0 Å². The molecule has 0 atom stereocenters. The van der Waals surface area contributed by atoms with Crippen molar-refractivity contribution in [2.45, 2.75) is 47.1 Å². The number of aryl methyl sites for hydroxylation is 1. The van der Waals surface area contributed by atoms with Crippen LogP contribution >= 0.6 is 11.3 Å². The van der Waals surface area contributed by atoms with E-state index in [0.717, 1.165) is 27.3 Å². The van der Waals surface area contributed by atoms with Crippen molar-refractivity contribution in [3.8, 4) is 0 Å². The normalized spacial score (nSPS) is 15.8. The quantitative estimate of drug-likeness (QED) is 0.749. The number of rotatable bonds is 5. The van der Waals surface area contributed by atoms with E-state index in [1.165, 1.54) is 11.3 Å². The van der Waals surface area contributed by atoms with Crippen LogP contribution in [0, 0.1) is 18.8 Å². The van der Waals surface area contributed by atoms with Crippen LogP contribution in [-0.4, -0.2) is 46.3 Å². The molecule has 1 aliphatic rings. The molecule has 0 aliphatic carbocycles. The molecule has 3 heterocycles. The number of hydrogen-bond donors (Lipinski definition) is 0. The van der Waals surface area contributed by atoms with Crippen LogP contribution in [-0.2, 0) is 16.1 Å². The highest BCUT2D eigenvalue weighted by Gasteiger charge is 2.29.